The molecule has 1 saturated heterocycles. The number of carbonyl (C=O) groups is 2. The van der Waals surface area contributed by atoms with Crippen molar-refractivity contribution in [3.05, 3.63) is 0 Å². The van der Waals surface area contributed by atoms with E-state index < -0.39 is 24.1 Å². The summed E-state index contributed by atoms with van der Waals surface area (Å²) < 4.78 is 5.53. The number of aliphatic hydroxyl groups is 2. The first kappa shape index (κ1) is 21.1. The Balaban J connectivity index is 2.94. The van der Waals surface area contributed by atoms with Crippen LogP contribution in [0, 0.1) is 23.7 Å². The maximum Gasteiger partial charge on any atom is 0.308 e. The van der Waals surface area contributed by atoms with Crippen molar-refractivity contribution >= 4 is 11.8 Å². The van der Waals surface area contributed by atoms with Crippen LogP contribution < -0.4 is 0 Å². The number of carbonyl (C=O) groups excluding carboxylic acids is 2. The molecule has 1 aliphatic heterocycles. The van der Waals surface area contributed by atoms with Gasteiger partial charge in [-0.2, -0.15) is 0 Å². The van der Waals surface area contributed by atoms with Gasteiger partial charge in [0.15, 0.2) is 0 Å². The Hall–Kier alpha value is -0.940. The second-order valence-electron chi connectivity index (χ2n) is 7.65. The molecule has 1 aliphatic rings. The first-order chi connectivity index (χ1) is 11.2. The molecule has 140 valence electrons. The SMILES string of the molecule is CC[C@H]1OC(=O)C[C@@H](O)[C@H](C)[C@@H](O)[C@@H](C)CCC(=O)[C@H](C)C[C@H]1C. The predicted molar refractivity (Wildman–Crippen MR) is 92.3 cm³/mol. The van der Waals surface area contributed by atoms with E-state index in [1.807, 2.05) is 27.7 Å². The van der Waals surface area contributed by atoms with Crippen LogP contribution in [0.25, 0.3) is 0 Å². The van der Waals surface area contributed by atoms with E-state index in [9.17, 15) is 19.8 Å². The number of ketones is 1. The Bertz CT molecular complexity index is 422. The highest BCUT2D eigenvalue weighted by Gasteiger charge is 2.32. The molecule has 24 heavy (non-hydrogen) atoms. The van der Waals surface area contributed by atoms with Gasteiger partial charge in [-0.1, -0.05) is 34.6 Å². The number of aliphatic hydroxyl groups excluding tert-OH is 2. The summed E-state index contributed by atoms with van der Waals surface area (Å²) in [7, 11) is 0. The lowest BCUT2D eigenvalue weighted by Crippen LogP contribution is -2.37. The van der Waals surface area contributed by atoms with Crippen molar-refractivity contribution in [1.29, 1.82) is 0 Å². The van der Waals surface area contributed by atoms with E-state index in [0.29, 0.717) is 25.7 Å². The van der Waals surface area contributed by atoms with E-state index in [0.717, 1.165) is 0 Å². The molecule has 1 heterocycles. The molecule has 0 aromatic rings. The normalized spacial score (nSPS) is 40.7. The summed E-state index contributed by atoms with van der Waals surface area (Å²) in [6.07, 6.45) is 0.340. The highest BCUT2D eigenvalue weighted by Crippen LogP contribution is 2.27. The number of hydrogen-bond acceptors (Lipinski definition) is 5. The van der Waals surface area contributed by atoms with E-state index in [1.54, 1.807) is 6.92 Å². The Kier molecular flexibility index (Phi) is 8.37. The maximum atomic E-state index is 12.3. The standard InChI is InChI=1S/C19H34O5/c1-6-17-13(4)9-12(3)15(20)8-7-11(2)19(23)14(5)16(21)10-18(22)24-17/h11-14,16-17,19,21,23H,6-10H2,1-5H3/t11-,12+,13+,14-,16+,17+,19-/m0/s1. The van der Waals surface area contributed by atoms with Gasteiger partial charge in [-0.25, -0.2) is 0 Å². The molecule has 7 atom stereocenters. The summed E-state index contributed by atoms with van der Waals surface area (Å²) >= 11 is 0. The summed E-state index contributed by atoms with van der Waals surface area (Å²) in [4.78, 5) is 24.5. The minimum atomic E-state index is -0.944. The predicted octanol–water partition coefficient (Wildman–Crippen LogP) is 2.72. The van der Waals surface area contributed by atoms with Gasteiger partial charge in [-0.05, 0) is 31.1 Å². The van der Waals surface area contributed by atoms with Gasteiger partial charge in [0.2, 0.25) is 0 Å². The van der Waals surface area contributed by atoms with E-state index in [1.165, 1.54) is 0 Å². The van der Waals surface area contributed by atoms with Crippen LogP contribution in [0.2, 0.25) is 0 Å². The van der Waals surface area contributed by atoms with E-state index in [4.69, 9.17) is 4.74 Å². The molecule has 0 unspecified atom stereocenters. The van der Waals surface area contributed by atoms with Crippen molar-refractivity contribution in [1.82, 2.24) is 0 Å². The largest absolute Gasteiger partial charge is 0.462 e. The number of cyclic esters (lactones) is 1. The van der Waals surface area contributed by atoms with Crippen molar-refractivity contribution in [2.45, 2.75) is 85.0 Å². The molecule has 0 spiro atoms. The van der Waals surface area contributed by atoms with E-state index in [-0.39, 0.29) is 36.1 Å². The van der Waals surface area contributed by atoms with Crippen molar-refractivity contribution in [2.24, 2.45) is 23.7 Å². The van der Waals surface area contributed by atoms with Gasteiger partial charge in [0, 0.05) is 18.3 Å². The van der Waals surface area contributed by atoms with Crippen LogP contribution >= 0.6 is 0 Å². The Labute approximate surface area is 145 Å². The van der Waals surface area contributed by atoms with Gasteiger partial charge in [0.25, 0.3) is 0 Å². The summed E-state index contributed by atoms with van der Waals surface area (Å²) in [5, 5.41) is 20.6. The van der Waals surface area contributed by atoms with E-state index in [2.05, 4.69) is 0 Å². The van der Waals surface area contributed by atoms with Crippen LogP contribution in [0.15, 0.2) is 0 Å². The number of Topliss-reactive ketones (excluding diaryl/α,β-unsaturated/α-hetero) is 1. The van der Waals surface area contributed by atoms with Gasteiger partial charge < -0.3 is 14.9 Å². The van der Waals surface area contributed by atoms with Gasteiger partial charge in [0.05, 0.1) is 18.6 Å². The molecule has 0 aromatic carbocycles. The molecule has 5 nitrogen and oxygen atoms in total. The first-order valence-corrected chi connectivity index (χ1v) is 9.25. The topological polar surface area (TPSA) is 83.8 Å². The van der Waals surface area contributed by atoms with E-state index >= 15 is 0 Å². The Morgan fingerprint density at radius 1 is 1.08 bits per heavy atom. The molecule has 0 aliphatic carbocycles. The van der Waals surface area contributed by atoms with Gasteiger partial charge in [-0.15, -0.1) is 0 Å². The fraction of sp³-hybridized carbons (Fsp3) is 0.895. The zero-order valence-corrected chi connectivity index (χ0v) is 15.7. The third-order valence-corrected chi connectivity index (χ3v) is 5.55. The monoisotopic (exact) mass is 342 g/mol. The molecule has 0 bridgehead atoms. The lowest BCUT2D eigenvalue weighted by molar-refractivity contribution is -0.156. The van der Waals surface area contributed by atoms with Crippen molar-refractivity contribution in [3.63, 3.8) is 0 Å². The Morgan fingerprint density at radius 2 is 1.71 bits per heavy atom. The third-order valence-electron chi connectivity index (χ3n) is 5.55. The fourth-order valence-corrected chi connectivity index (χ4v) is 3.55. The zero-order valence-electron chi connectivity index (χ0n) is 15.7. The number of hydrogen-bond donors (Lipinski definition) is 2. The molecular formula is C19H34O5. The minimum Gasteiger partial charge on any atom is -0.462 e. The smallest absolute Gasteiger partial charge is 0.308 e. The second-order valence-corrected chi connectivity index (χ2v) is 7.65. The lowest BCUT2D eigenvalue weighted by atomic mass is 9.83. The zero-order chi connectivity index (χ0) is 18.4. The molecular weight excluding hydrogens is 308 g/mol. The Morgan fingerprint density at radius 3 is 2.29 bits per heavy atom. The highest BCUT2D eigenvalue weighted by molar-refractivity contribution is 5.80. The van der Waals surface area contributed by atoms with Crippen LogP contribution in [-0.2, 0) is 14.3 Å². The molecule has 0 aromatic heterocycles. The van der Waals surface area contributed by atoms with Crippen LogP contribution in [-0.4, -0.2) is 40.3 Å². The number of ether oxygens (including phenoxy) is 1. The summed E-state index contributed by atoms with van der Waals surface area (Å²) in [6, 6.07) is 0. The van der Waals surface area contributed by atoms with Crippen LogP contribution in [0.3, 0.4) is 0 Å². The molecule has 1 fully saturated rings. The molecule has 1 rings (SSSR count). The van der Waals surface area contributed by atoms with Gasteiger partial charge in [0.1, 0.15) is 11.9 Å². The summed E-state index contributed by atoms with van der Waals surface area (Å²) in [5.74, 6) is -0.788. The molecule has 5 heteroatoms. The highest BCUT2D eigenvalue weighted by atomic mass is 16.5. The third kappa shape index (κ3) is 5.85. The molecule has 0 radical (unpaired) electrons. The summed E-state index contributed by atoms with van der Waals surface area (Å²) in [5.41, 5.74) is 0. The lowest BCUT2D eigenvalue weighted by Gasteiger charge is -2.30. The average Bonchev–Trinajstić information content (AvgIpc) is 2.54. The quantitative estimate of drug-likeness (QED) is 0.716. The number of rotatable bonds is 1. The maximum absolute atomic E-state index is 12.3. The molecule has 0 amide bonds. The minimum absolute atomic E-state index is 0.0805. The average molecular weight is 342 g/mol. The molecule has 0 saturated carbocycles. The second kappa shape index (κ2) is 9.52. The first-order valence-electron chi connectivity index (χ1n) is 9.25. The van der Waals surface area contributed by atoms with Crippen molar-refractivity contribution in [2.75, 3.05) is 0 Å². The number of esters is 1. The van der Waals surface area contributed by atoms with Crippen molar-refractivity contribution in [3.8, 4) is 0 Å². The fourth-order valence-electron chi connectivity index (χ4n) is 3.55. The molecule has 2 N–H and O–H groups in total. The van der Waals surface area contributed by atoms with Gasteiger partial charge >= 0.3 is 5.97 Å². The van der Waals surface area contributed by atoms with Crippen LogP contribution in [0.5, 0.6) is 0 Å². The van der Waals surface area contributed by atoms with Gasteiger partial charge in [-0.3, -0.25) is 9.59 Å². The van der Waals surface area contributed by atoms with Crippen LogP contribution in [0.1, 0.15) is 66.7 Å². The van der Waals surface area contributed by atoms with Crippen LogP contribution in [0.4, 0.5) is 0 Å². The summed E-state index contributed by atoms with van der Waals surface area (Å²) in [6.45, 7) is 9.49. The van der Waals surface area contributed by atoms with Crippen molar-refractivity contribution < 1.29 is 24.5 Å².